The first kappa shape index (κ1) is 16.1. The molecule has 1 aliphatic heterocycles. The second-order valence-electron chi connectivity index (χ2n) is 5.62. The highest BCUT2D eigenvalue weighted by atomic mass is 32.1. The normalized spacial score (nSPS) is 15.5. The van der Waals surface area contributed by atoms with Crippen molar-refractivity contribution < 1.29 is 9.53 Å². The lowest BCUT2D eigenvalue weighted by molar-refractivity contribution is -0.121. The Morgan fingerprint density at radius 3 is 2.87 bits per heavy atom. The molecule has 1 aliphatic rings. The quantitative estimate of drug-likeness (QED) is 0.854. The molecule has 2 N–H and O–H groups in total. The molecule has 122 valence electrons. The molecule has 3 rings (SSSR count). The van der Waals surface area contributed by atoms with Gasteiger partial charge in [-0.3, -0.25) is 10.1 Å². The minimum Gasteiger partial charge on any atom is -0.367 e. The Bertz CT molecular complexity index is 624. The van der Waals surface area contributed by atoms with Crippen molar-refractivity contribution in [3.05, 3.63) is 47.0 Å². The average molecular weight is 331 g/mol. The van der Waals surface area contributed by atoms with Gasteiger partial charge < -0.3 is 10.1 Å². The third-order valence-electron chi connectivity index (χ3n) is 3.86. The second kappa shape index (κ2) is 8.19. The van der Waals surface area contributed by atoms with Crippen molar-refractivity contribution in [1.29, 1.82) is 0 Å². The summed E-state index contributed by atoms with van der Waals surface area (Å²) in [5.74, 6) is 0.404. The molecule has 1 amide bonds. The number of ether oxygens (including phenoxy) is 1. The maximum atomic E-state index is 11.9. The minimum atomic E-state index is -0.160. The van der Waals surface area contributed by atoms with Crippen molar-refractivity contribution in [1.82, 2.24) is 10.3 Å². The summed E-state index contributed by atoms with van der Waals surface area (Å²) in [7, 11) is 0. The van der Waals surface area contributed by atoms with Gasteiger partial charge in [0.2, 0.25) is 0 Å². The summed E-state index contributed by atoms with van der Waals surface area (Å²) >= 11 is 1.57. The molecule has 1 aromatic carbocycles. The lowest BCUT2D eigenvalue weighted by Crippen LogP contribution is -2.26. The highest BCUT2D eigenvalue weighted by molar-refractivity contribution is 7.15. The number of piperidine rings is 1. The third kappa shape index (κ3) is 4.86. The van der Waals surface area contributed by atoms with E-state index < -0.39 is 0 Å². The second-order valence-corrected chi connectivity index (χ2v) is 6.68. The average Bonchev–Trinajstić information content (AvgIpc) is 3.05. The summed E-state index contributed by atoms with van der Waals surface area (Å²) in [5.41, 5.74) is 1.06. The summed E-state index contributed by atoms with van der Waals surface area (Å²) in [6, 6.07) is 9.82. The van der Waals surface area contributed by atoms with E-state index >= 15 is 0 Å². The van der Waals surface area contributed by atoms with Crippen molar-refractivity contribution in [2.24, 2.45) is 0 Å². The van der Waals surface area contributed by atoms with E-state index in [0.29, 0.717) is 17.7 Å². The SMILES string of the molecule is O=C(COCc1ccccc1)Nc1ncc(C2CCNCC2)s1. The van der Waals surface area contributed by atoms with Crippen LogP contribution < -0.4 is 10.6 Å². The first-order chi connectivity index (χ1) is 11.3. The highest BCUT2D eigenvalue weighted by Gasteiger charge is 2.18. The maximum Gasteiger partial charge on any atom is 0.252 e. The lowest BCUT2D eigenvalue weighted by atomic mass is 9.97. The fourth-order valence-electron chi connectivity index (χ4n) is 2.63. The van der Waals surface area contributed by atoms with Gasteiger partial charge in [0.1, 0.15) is 6.61 Å². The monoisotopic (exact) mass is 331 g/mol. The van der Waals surface area contributed by atoms with Crippen LogP contribution in [-0.2, 0) is 16.1 Å². The van der Waals surface area contributed by atoms with Crippen molar-refractivity contribution in [2.75, 3.05) is 25.0 Å². The van der Waals surface area contributed by atoms with E-state index in [1.165, 1.54) is 4.88 Å². The van der Waals surface area contributed by atoms with E-state index in [1.54, 1.807) is 11.3 Å². The van der Waals surface area contributed by atoms with Crippen molar-refractivity contribution in [3.8, 4) is 0 Å². The molecule has 1 fully saturated rings. The highest BCUT2D eigenvalue weighted by Crippen LogP contribution is 2.31. The molecule has 2 heterocycles. The van der Waals surface area contributed by atoms with Crippen LogP contribution in [0.25, 0.3) is 0 Å². The number of aromatic nitrogens is 1. The van der Waals surface area contributed by atoms with E-state index in [4.69, 9.17) is 4.74 Å². The van der Waals surface area contributed by atoms with Crippen molar-refractivity contribution >= 4 is 22.4 Å². The van der Waals surface area contributed by atoms with Gasteiger partial charge in [0.15, 0.2) is 5.13 Å². The van der Waals surface area contributed by atoms with E-state index in [1.807, 2.05) is 36.5 Å². The number of carbonyl (C=O) groups excluding carboxylic acids is 1. The van der Waals surface area contributed by atoms with Gasteiger partial charge in [-0.25, -0.2) is 4.98 Å². The molecule has 0 spiro atoms. The predicted molar refractivity (Wildman–Crippen MR) is 91.7 cm³/mol. The summed E-state index contributed by atoms with van der Waals surface area (Å²) in [6.07, 6.45) is 4.16. The predicted octanol–water partition coefficient (Wildman–Crippen LogP) is 2.77. The number of rotatable bonds is 6. The third-order valence-corrected chi connectivity index (χ3v) is 4.93. The van der Waals surface area contributed by atoms with Crippen LogP contribution in [0.3, 0.4) is 0 Å². The molecule has 1 aromatic heterocycles. The molecule has 0 bridgehead atoms. The number of amides is 1. The first-order valence-corrected chi connectivity index (χ1v) is 8.71. The number of nitrogens with zero attached hydrogens (tertiary/aromatic N) is 1. The van der Waals surface area contributed by atoms with Gasteiger partial charge in [0.25, 0.3) is 5.91 Å². The Kier molecular flexibility index (Phi) is 5.74. The Hall–Kier alpha value is -1.76. The number of anilines is 1. The Balaban J connectivity index is 1.43. The smallest absolute Gasteiger partial charge is 0.252 e. The first-order valence-electron chi connectivity index (χ1n) is 7.89. The molecule has 6 heteroatoms. The zero-order chi connectivity index (χ0) is 15.9. The van der Waals surface area contributed by atoms with Crippen molar-refractivity contribution in [2.45, 2.75) is 25.4 Å². The van der Waals surface area contributed by atoms with Crippen LogP contribution in [0.1, 0.15) is 29.2 Å². The molecule has 0 aliphatic carbocycles. The number of carbonyl (C=O) groups is 1. The topological polar surface area (TPSA) is 63.2 Å². The zero-order valence-electron chi connectivity index (χ0n) is 13.0. The maximum absolute atomic E-state index is 11.9. The van der Waals surface area contributed by atoms with Crippen LogP contribution in [0.5, 0.6) is 0 Å². The number of hydrogen-bond donors (Lipinski definition) is 2. The summed E-state index contributed by atoms with van der Waals surface area (Å²) in [4.78, 5) is 17.5. The molecule has 0 unspecified atom stereocenters. The van der Waals surface area contributed by atoms with Crippen LogP contribution in [-0.4, -0.2) is 30.6 Å². The van der Waals surface area contributed by atoms with Gasteiger partial charge in [0, 0.05) is 11.1 Å². The van der Waals surface area contributed by atoms with Crippen LogP contribution >= 0.6 is 11.3 Å². The van der Waals surface area contributed by atoms with Crippen molar-refractivity contribution in [3.63, 3.8) is 0 Å². The van der Waals surface area contributed by atoms with Gasteiger partial charge in [-0.2, -0.15) is 0 Å². The number of thiazole rings is 1. The molecular weight excluding hydrogens is 310 g/mol. The molecule has 2 aromatic rings. The zero-order valence-corrected chi connectivity index (χ0v) is 13.8. The molecule has 5 nitrogen and oxygen atoms in total. The van der Waals surface area contributed by atoms with E-state index in [9.17, 15) is 4.79 Å². The summed E-state index contributed by atoms with van der Waals surface area (Å²) < 4.78 is 5.43. The number of benzene rings is 1. The fraction of sp³-hybridized carbons (Fsp3) is 0.412. The van der Waals surface area contributed by atoms with E-state index in [-0.39, 0.29) is 12.5 Å². The fourth-order valence-corrected chi connectivity index (χ4v) is 3.63. The number of hydrogen-bond acceptors (Lipinski definition) is 5. The van der Waals surface area contributed by atoms with Crippen LogP contribution in [0.15, 0.2) is 36.5 Å². The Morgan fingerprint density at radius 1 is 1.30 bits per heavy atom. The summed E-state index contributed by atoms with van der Waals surface area (Å²) in [5, 5.41) is 6.83. The van der Waals surface area contributed by atoms with Crippen LogP contribution in [0.4, 0.5) is 5.13 Å². The van der Waals surface area contributed by atoms with Gasteiger partial charge >= 0.3 is 0 Å². The van der Waals surface area contributed by atoms with Gasteiger partial charge in [-0.05, 0) is 37.4 Å². The Morgan fingerprint density at radius 2 is 2.09 bits per heavy atom. The van der Waals surface area contributed by atoms with E-state index in [0.717, 1.165) is 31.5 Å². The van der Waals surface area contributed by atoms with Gasteiger partial charge in [0.05, 0.1) is 6.61 Å². The number of nitrogens with one attached hydrogen (secondary N) is 2. The molecule has 0 saturated carbocycles. The molecule has 1 saturated heterocycles. The Labute approximate surface area is 140 Å². The molecule has 23 heavy (non-hydrogen) atoms. The van der Waals surface area contributed by atoms with Gasteiger partial charge in [-0.15, -0.1) is 11.3 Å². The van der Waals surface area contributed by atoms with Gasteiger partial charge in [-0.1, -0.05) is 30.3 Å². The molecule has 0 atom stereocenters. The van der Waals surface area contributed by atoms with Crippen LogP contribution in [0, 0.1) is 0 Å². The van der Waals surface area contributed by atoms with Crippen LogP contribution in [0.2, 0.25) is 0 Å². The van der Waals surface area contributed by atoms with E-state index in [2.05, 4.69) is 15.6 Å². The standard InChI is InChI=1S/C17H21N3O2S/c21-16(12-22-11-13-4-2-1-3-5-13)20-17-19-10-15(23-17)14-6-8-18-9-7-14/h1-5,10,14,18H,6-9,11-12H2,(H,19,20,21). The minimum absolute atomic E-state index is 0.0388. The molecule has 0 radical (unpaired) electrons. The molecular formula is C17H21N3O2S. The summed E-state index contributed by atoms with van der Waals surface area (Å²) in [6.45, 7) is 2.58. The largest absolute Gasteiger partial charge is 0.367 e. The lowest BCUT2D eigenvalue weighted by Gasteiger charge is -2.20.